The maximum Gasteiger partial charge on any atom is 0.141 e. The Balaban J connectivity index is 0.000000129. The van der Waals surface area contributed by atoms with Crippen LogP contribution in [0.1, 0.15) is 16.7 Å². The lowest BCUT2D eigenvalue weighted by Gasteiger charge is -2.13. The summed E-state index contributed by atoms with van der Waals surface area (Å²) in [4.78, 5) is 8.70. The van der Waals surface area contributed by atoms with E-state index in [1.807, 2.05) is 23.7 Å². The molecule has 212 valence electrons. The average Bonchev–Trinajstić information content (AvgIpc) is 3.65. The number of benzene rings is 4. The van der Waals surface area contributed by atoms with Crippen LogP contribution in [0, 0.1) is 12.7 Å². The van der Waals surface area contributed by atoms with Crippen molar-refractivity contribution in [3.8, 4) is 11.1 Å². The van der Waals surface area contributed by atoms with Crippen molar-refractivity contribution < 1.29 is 4.39 Å². The van der Waals surface area contributed by atoms with Crippen LogP contribution < -0.4 is 9.80 Å². The molecule has 2 aliphatic rings. The van der Waals surface area contributed by atoms with Gasteiger partial charge in [-0.2, -0.15) is 0 Å². The van der Waals surface area contributed by atoms with E-state index in [2.05, 4.69) is 66.1 Å². The predicted octanol–water partition coefficient (Wildman–Crippen LogP) is 9.01. The molecule has 4 nitrogen and oxygen atoms in total. The third-order valence-electron chi connectivity index (χ3n) is 7.75. The number of imidazole rings is 1. The van der Waals surface area contributed by atoms with Gasteiger partial charge in [-0.1, -0.05) is 65.1 Å². The Morgan fingerprint density at radius 3 is 2.05 bits per heavy atom. The van der Waals surface area contributed by atoms with Gasteiger partial charge in [0.05, 0.1) is 32.4 Å². The highest BCUT2D eigenvalue weighted by Gasteiger charge is 2.19. The van der Waals surface area contributed by atoms with Crippen LogP contribution in [0.25, 0.3) is 22.2 Å². The Bertz CT molecular complexity index is 1720. The van der Waals surface area contributed by atoms with Crippen molar-refractivity contribution in [3.63, 3.8) is 0 Å². The summed E-state index contributed by atoms with van der Waals surface area (Å²) < 4.78 is 15.1. The molecule has 0 saturated carbocycles. The Kier molecular flexibility index (Phi) is 8.79. The minimum absolute atomic E-state index is 0.177. The molecule has 1 aromatic heterocycles. The number of likely N-dealkylation sites (N-methyl/N-ethyl adjacent to an activating group) is 2. The van der Waals surface area contributed by atoms with Gasteiger partial charge in [-0.05, 0) is 84.0 Å². The molecule has 0 atom stereocenters. The van der Waals surface area contributed by atoms with Crippen LogP contribution in [0.3, 0.4) is 0 Å². The van der Waals surface area contributed by atoms with Crippen molar-refractivity contribution in [2.45, 2.75) is 19.8 Å². The number of hydrogen-bond acceptors (Lipinski definition) is 3. The quantitative estimate of drug-likeness (QED) is 0.190. The fourth-order valence-electron chi connectivity index (χ4n) is 5.42. The monoisotopic (exact) mass is 608 g/mol. The summed E-state index contributed by atoms with van der Waals surface area (Å²) >= 11 is 17.5. The number of fused-ring (bicyclic) bond motifs is 3. The minimum atomic E-state index is -0.370. The molecule has 0 saturated heterocycles. The Morgan fingerprint density at radius 1 is 0.732 bits per heavy atom. The van der Waals surface area contributed by atoms with E-state index in [0.29, 0.717) is 10.0 Å². The maximum absolute atomic E-state index is 13.2. The molecule has 0 amide bonds. The first-order valence-electron chi connectivity index (χ1n) is 13.5. The fourth-order valence-corrected chi connectivity index (χ4v) is 5.92. The van der Waals surface area contributed by atoms with Gasteiger partial charge >= 0.3 is 0 Å². The second-order valence-corrected chi connectivity index (χ2v) is 11.7. The zero-order chi connectivity index (χ0) is 29.3. The summed E-state index contributed by atoms with van der Waals surface area (Å²) in [6, 6.07) is 21.2. The van der Waals surface area contributed by atoms with Gasteiger partial charge in [0.2, 0.25) is 0 Å². The Hall–Kier alpha value is -3.25. The molecule has 0 aliphatic carbocycles. The summed E-state index contributed by atoms with van der Waals surface area (Å²) in [7, 11) is 6.16. The minimum Gasteiger partial charge on any atom is -0.374 e. The molecule has 8 heteroatoms. The summed E-state index contributed by atoms with van der Waals surface area (Å²) in [6.45, 7) is 4.40. The van der Waals surface area contributed by atoms with Crippen LogP contribution in [-0.2, 0) is 19.9 Å². The highest BCUT2D eigenvalue weighted by atomic mass is 35.5. The van der Waals surface area contributed by atoms with Crippen molar-refractivity contribution in [1.29, 1.82) is 0 Å². The Morgan fingerprint density at radius 2 is 1.37 bits per heavy atom. The van der Waals surface area contributed by atoms with E-state index in [9.17, 15) is 4.39 Å². The van der Waals surface area contributed by atoms with E-state index < -0.39 is 0 Å². The van der Waals surface area contributed by atoms with Crippen LogP contribution in [0.15, 0.2) is 73.1 Å². The van der Waals surface area contributed by atoms with E-state index >= 15 is 0 Å². The summed E-state index contributed by atoms with van der Waals surface area (Å²) in [6.07, 6.45) is 3.98. The number of aryl methyl sites for hydroxylation is 2. The number of anilines is 2. The topological polar surface area (TPSA) is 24.3 Å². The molecule has 0 bridgehead atoms. The number of rotatable bonds is 1. The largest absolute Gasteiger partial charge is 0.374 e. The molecular weight excluding hydrogens is 578 g/mol. The van der Waals surface area contributed by atoms with E-state index in [-0.39, 0.29) is 10.8 Å². The molecule has 7 rings (SSSR count). The second-order valence-electron chi connectivity index (χ2n) is 10.5. The van der Waals surface area contributed by atoms with Crippen LogP contribution in [0.2, 0.25) is 15.1 Å². The van der Waals surface area contributed by atoms with Gasteiger partial charge in [-0.15, -0.1) is 0 Å². The maximum atomic E-state index is 13.2. The lowest BCUT2D eigenvalue weighted by molar-refractivity contribution is 0.628. The molecule has 0 radical (unpaired) electrons. The normalized spacial score (nSPS) is 13.4. The summed E-state index contributed by atoms with van der Waals surface area (Å²) in [5, 5.41) is 1.28. The highest BCUT2D eigenvalue weighted by Crippen LogP contribution is 2.36. The van der Waals surface area contributed by atoms with Gasteiger partial charge in [0, 0.05) is 45.6 Å². The van der Waals surface area contributed by atoms with Gasteiger partial charge < -0.3 is 14.4 Å². The number of nitrogens with zero attached hydrogens (tertiary/aromatic N) is 4. The van der Waals surface area contributed by atoms with Gasteiger partial charge in [0.15, 0.2) is 0 Å². The smallest absolute Gasteiger partial charge is 0.141 e. The molecule has 3 heterocycles. The molecular formula is C33H32Cl3FN4. The van der Waals surface area contributed by atoms with Gasteiger partial charge in [0.1, 0.15) is 5.82 Å². The molecule has 5 aromatic rings. The number of hydrogen-bond donors (Lipinski definition) is 0. The third-order valence-corrected chi connectivity index (χ3v) is 8.76. The van der Waals surface area contributed by atoms with E-state index in [1.165, 1.54) is 47.1 Å². The Labute approximate surface area is 255 Å². The zero-order valence-electron chi connectivity index (χ0n) is 23.6. The molecule has 0 unspecified atom stereocenters. The van der Waals surface area contributed by atoms with E-state index in [0.717, 1.165) is 35.1 Å². The fraction of sp³-hybridized carbons (Fsp3) is 0.242. The van der Waals surface area contributed by atoms with Gasteiger partial charge in [-0.25, -0.2) is 9.37 Å². The van der Waals surface area contributed by atoms with Gasteiger partial charge in [-0.3, -0.25) is 0 Å². The van der Waals surface area contributed by atoms with E-state index in [4.69, 9.17) is 34.8 Å². The standard InChI is InChI=1S/C15H13ClFN.C10H13N.C8H6Cl2N2/c1-18-8-7-12-11(3-2-4-15(12)18)10-5-6-14(17)13(16)9-10;1-8-4-3-5-10-9(8)6-7-11(10)2;1-12-4-11-7-2-5(9)6(10)3-8(7)12/h2-6,9H,7-8H2,1H3;3-5H,6-7H2,1-2H3;2-4H,1H3. The van der Waals surface area contributed by atoms with Crippen LogP contribution in [0.4, 0.5) is 15.8 Å². The molecule has 0 spiro atoms. The lowest BCUT2D eigenvalue weighted by Crippen LogP contribution is -2.12. The number of aromatic nitrogens is 2. The van der Waals surface area contributed by atoms with Crippen molar-refractivity contribution in [2.75, 3.05) is 37.0 Å². The van der Waals surface area contributed by atoms with Crippen molar-refractivity contribution in [3.05, 3.63) is 111 Å². The van der Waals surface area contributed by atoms with E-state index in [1.54, 1.807) is 24.5 Å². The third kappa shape index (κ3) is 6.18. The zero-order valence-corrected chi connectivity index (χ0v) is 25.8. The van der Waals surface area contributed by atoms with Crippen molar-refractivity contribution in [2.24, 2.45) is 7.05 Å². The summed E-state index contributed by atoms with van der Waals surface area (Å²) in [5.41, 5.74) is 11.0. The first-order chi connectivity index (χ1) is 19.6. The average molecular weight is 610 g/mol. The highest BCUT2D eigenvalue weighted by molar-refractivity contribution is 6.42. The summed E-state index contributed by atoms with van der Waals surface area (Å²) in [5.74, 6) is -0.370. The first-order valence-corrected chi connectivity index (χ1v) is 14.6. The molecule has 41 heavy (non-hydrogen) atoms. The van der Waals surface area contributed by atoms with Crippen molar-refractivity contribution >= 4 is 57.2 Å². The molecule has 2 aliphatic heterocycles. The van der Waals surface area contributed by atoms with Crippen molar-refractivity contribution in [1.82, 2.24) is 9.55 Å². The molecule has 4 aromatic carbocycles. The first kappa shape index (κ1) is 29.2. The van der Waals surface area contributed by atoms with Crippen LogP contribution in [0.5, 0.6) is 0 Å². The van der Waals surface area contributed by atoms with Crippen LogP contribution >= 0.6 is 34.8 Å². The predicted molar refractivity (Wildman–Crippen MR) is 173 cm³/mol. The molecule has 0 N–H and O–H groups in total. The van der Waals surface area contributed by atoms with Gasteiger partial charge in [0.25, 0.3) is 0 Å². The van der Waals surface area contributed by atoms with Crippen LogP contribution in [-0.4, -0.2) is 36.7 Å². The molecule has 0 fully saturated rings. The SMILES string of the molecule is CN1CCc2c(-c3ccc(F)c(Cl)c3)cccc21.Cc1cccc2c1CCN2C.Cn1cnc2cc(Cl)c(Cl)cc21. The second kappa shape index (κ2) is 12.3. The lowest BCUT2D eigenvalue weighted by atomic mass is 9.98. The number of halogens is 4.